The zero-order valence-corrected chi connectivity index (χ0v) is 14.4. The van der Waals surface area contributed by atoms with Gasteiger partial charge in [-0.05, 0) is 31.4 Å². The van der Waals surface area contributed by atoms with Crippen molar-refractivity contribution in [3.63, 3.8) is 0 Å². The molecule has 1 aromatic carbocycles. The largest absolute Gasteiger partial charge is 0.419 e. The molecule has 4 rings (SSSR count). The lowest BCUT2D eigenvalue weighted by Gasteiger charge is -2.43. The molecule has 1 amide bonds. The van der Waals surface area contributed by atoms with Gasteiger partial charge in [-0.15, -0.1) is 0 Å². The van der Waals surface area contributed by atoms with Crippen molar-refractivity contribution in [3.05, 3.63) is 34.8 Å². The summed E-state index contributed by atoms with van der Waals surface area (Å²) in [5.74, 6) is -0.173. The predicted octanol–water partition coefficient (Wildman–Crippen LogP) is 2.54. The Hall–Kier alpha value is -2.08. The number of ether oxygens (including phenoxy) is 1. The van der Waals surface area contributed by atoms with Gasteiger partial charge in [0.05, 0.1) is 24.3 Å². The fourth-order valence-corrected chi connectivity index (χ4v) is 4.16. The van der Waals surface area contributed by atoms with Crippen LogP contribution in [0.1, 0.15) is 38.5 Å². The quantitative estimate of drug-likeness (QED) is 0.855. The van der Waals surface area contributed by atoms with E-state index in [1.165, 1.54) is 12.8 Å². The van der Waals surface area contributed by atoms with E-state index >= 15 is 0 Å². The summed E-state index contributed by atoms with van der Waals surface area (Å²) >= 11 is 0. The van der Waals surface area contributed by atoms with Crippen LogP contribution >= 0.6 is 0 Å². The molecule has 2 heterocycles. The van der Waals surface area contributed by atoms with Gasteiger partial charge in [0.15, 0.2) is 5.58 Å². The Bertz CT molecular complexity index is 807. The van der Waals surface area contributed by atoms with Gasteiger partial charge >= 0.3 is 5.76 Å². The second-order valence-electron chi connectivity index (χ2n) is 6.94. The fourth-order valence-electron chi connectivity index (χ4n) is 4.16. The zero-order chi connectivity index (χ0) is 17.2. The van der Waals surface area contributed by atoms with E-state index in [1.807, 2.05) is 23.1 Å². The van der Waals surface area contributed by atoms with E-state index in [-0.39, 0.29) is 23.8 Å². The molecular weight excluding hydrogens is 320 g/mol. The number of amides is 1. The number of fused-ring (bicyclic) bond motifs is 2. The highest BCUT2D eigenvalue weighted by atomic mass is 16.5. The molecule has 6 heteroatoms. The van der Waals surface area contributed by atoms with Gasteiger partial charge in [0.25, 0.3) is 0 Å². The summed E-state index contributed by atoms with van der Waals surface area (Å²) in [6.45, 7) is 1.83. The molecule has 0 spiro atoms. The van der Waals surface area contributed by atoms with Crippen LogP contribution in [0.25, 0.3) is 11.1 Å². The number of hydrogen-bond acceptors (Lipinski definition) is 4. The van der Waals surface area contributed by atoms with E-state index in [2.05, 4.69) is 0 Å². The molecule has 2 unspecified atom stereocenters. The Morgan fingerprint density at radius 1 is 1.20 bits per heavy atom. The third-order valence-corrected chi connectivity index (χ3v) is 5.40. The van der Waals surface area contributed by atoms with Crippen molar-refractivity contribution >= 4 is 17.0 Å². The van der Waals surface area contributed by atoms with Crippen LogP contribution in [0.2, 0.25) is 0 Å². The number of aryl methyl sites for hydroxylation is 1. The third kappa shape index (κ3) is 3.23. The average Bonchev–Trinajstić information content (AvgIpc) is 2.96. The number of rotatable bonds is 4. The van der Waals surface area contributed by atoms with Gasteiger partial charge in [0.1, 0.15) is 0 Å². The first-order valence-electron chi connectivity index (χ1n) is 9.23. The zero-order valence-electron chi connectivity index (χ0n) is 14.4. The normalized spacial score (nSPS) is 23.6. The van der Waals surface area contributed by atoms with Gasteiger partial charge in [0, 0.05) is 19.5 Å². The van der Waals surface area contributed by atoms with Gasteiger partial charge in [-0.25, -0.2) is 4.79 Å². The molecule has 0 N–H and O–H groups in total. The molecule has 2 atom stereocenters. The number of aromatic nitrogens is 1. The van der Waals surface area contributed by atoms with Crippen molar-refractivity contribution in [2.75, 3.05) is 13.2 Å². The summed E-state index contributed by atoms with van der Waals surface area (Å²) in [6, 6.07) is 7.63. The Labute approximate surface area is 146 Å². The summed E-state index contributed by atoms with van der Waals surface area (Å²) < 4.78 is 12.7. The average molecular weight is 344 g/mol. The molecule has 2 aromatic rings. The topological polar surface area (TPSA) is 64.7 Å². The summed E-state index contributed by atoms with van der Waals surface area (Å²) in [5.41, 5.74) is 1.38. The lowest BCUT2D eigenvalue weighted by Crippen LogP contribution is -2.54. The second-order valence-corrected chi connectivity index (χ2v) is 6.94. The molecule has 6 nitrogen and oxygen atoms in total. The SMILES string of the molecule is O=C(CCCn1c(=O)oc2ccccc21)N1CCOC2CCCCC21. The maximum atomic E-state index is 12.7. The highest BCUT2D eigenvalue weighted by Crippen LogP contribution is 2.29. The monoisotopic (exact) mass is 344 g/mol. The first-order valence-corrected chi connectivity index (χ1v) is 9.23. The predicted molar refractivity (Wildman–Crippen MR) is 93.4 cm³/mol. The number of oxazole rings is 1. The highest BCUT2D eigenvalue weighted by molar-refractivity contribution is 5.77. The summed E-state index contributed by atoms with van der Waals surface area (Å²) in [5, 5.41) is 0. The minimum absolute atomic E-state index is 0.182. The standard InChI is InChI=1S/C19H24N2O4/c22-18(20-12-13-24-16-8-3-1-6-14(16)20)10-5-11-21-15-7-2-4-9-17(15)25-19(21)23/h2,4,7,9,14,16H,1,3,5-6,8,10-13H2. The number of benzene rings is 1. The van der Waals surface area contributed by atoms with Crippen LogP contribution in [0.15, 0.2) is 33.5 Å². The van der Waals surface area contributed by atoms with Crippen LogP contribution in [0.5, 0.6) is 0 Å². The fraction of sp³-hybridized carbons (Fsp3) is 0.579. The van der Waals surface area contributed by atoms with Crippen molar-refractivity contribution in [1.29, 1.82) is 0 Å². The Kier molecular flexibility index (Phi) is 4.61. The molecule has 0 bridgehead atoms. The number of para-hydroxylation sites is 2. The van der Waals surface area contributed by atoms with Crippen molar-refractivity contribution in [3.8, 4) is 0 Å². The molecule has 1 aromatic heterocycles. The molecule has 25 heavy (non-hydrogen) atoms. The maximum absolute atomic E-state index is 12.7. The minimum atomic E-state index is -0.354. The molecular formula is C19H24N2O4. The Morgan fingerprint density at radius 2 is 2.04 bits per heavy atom. The smallest absolute Gasteiger partial charge is 0.408 e. The number of carbonyl (C=O) groups is 1. The van der Waals surface area contributed by atoms with E-state index in [0.29, 0.717) is 38.1 Å². The van der Waals surface area contributed by atoms with Crippen molar-refractivity contribution in [1.82, 2.24) is 9.47 Å². The Balaban J connectivity index is 1.38. The molecule has 1 aliphatic carbocycles. The lowest BCUT2D eigenvalue weighted by atomic mass is 9.90. The van der Waals surface area contributed by atoms with Gasteiger partial charge in [0.2, 0.25) is 5.91 Å². The number of hydrogen-bond donors (Lipinski definition) is 0. The second kappa shape index (κ2) is 7.04. The number of carbonyl (C=O) groups excluding carboxylic acids is 1. The molecule has 2 fully saturated rings. The lowest BCUT2D eigenvalue weighted by molar-refractivity contribution is -0.149. The van der Waals surface area contributed by atoms with Crippen LogP contribution in [0, 0.1) is 0 Å². The molecule has 1 saturated carbocycles. The minimum Gasteiger partial charge on any atom is -0.408 e. The first kappa shape index (κ1) is 16.4. The van der Waals surface area contributed by atoms with Gasteiger partial charge < -0.3 is 14.1 Å². The van der Waals surface area contributed by atoms with E-state index in [9.17, 15) is 9.59 Å². The van der Waals surface area contributed by atoms with E-state index in [0.717, 1.165) is 18.4 Å². The summed E-state index contributed by atoms with van der Waals surface area (Å²) in [6.07, 6.45) is 5.77. The number of morpholine rings is 1. The van der Waals surface area contributed by atoms with Gasteiger partial charge in [-0.1, -0.05) is 25.0 Å². The van der Waals surface area contributed by atoms with E-state index in [4.69, 9.17) is 9.15 Å². The van der Waals surface area contributed by atoms with E-state index < -0.39 is 0 Å². The Morgan fingerprint density at radius 3 is 2.96 bits per heavy atom. The van der Waals surface area contributed by atoms with Gasteiger partial charge in [-0.3, -0.25) is 9.36 Å². The van der Waals surface area contributed by atoms with Crippen LogP contribution in [-0.4, -0.2) is 40.7 Å². The van der Waals surface area contributed by atoms with Crippen LogP contribution < -0.4 is 5.76 Å². The van der Waals surface area contributed by atoms with Crippen LogP contribution in [0.3, 0.4) is 0 Å². The third-order valence-electron chi connectivity index (χ3n) is 5.40. The summed E-state index contributed by atoms with van der Waals surface area (Å²) in [7, 11) is 0. The molecule has 134 valence electrons. The van der Waals surface area contributed by atoms with Crippen molar-refractivity contribution in [2.24, 2.45) is 0 Å². The molecule has 1 saturated heterocycles. The molecule has 2 aliphatic rings. The van der Waals surface area contributed by atoms with Crippen LogP contribution in [0.4, 0.5) is 0 Å². The maximum Gasteiger partial charge on any atom is 0.419 e. The molecule has 0 radical (unpaired) electrons. The van der Waals surface area contributed by atoms with Gasteiger partial charge in [-0.2, -0.15) is 0 Å². The first-order chi connectivity index (χ1) is 12.2. The van der Waals surface area contributed by atoms with Crippen LogP contribution in [-0.2, 0) is 16.1 Å². The highest BCUT2D eigenvalue weighted by Gasteiger charge is 2.36. The summed E-state index contributed by atoms with van der Waals surface area (Å²) in [4.78, 5) is 26.7. The molecule has 1 aliphatic heterocycles. The van der Waals surface area contributed by atoms with Crippen molar-refractivity contribution < 1.29 is 13.9 Å². The number of nitrogens with zero attached hydrogens (tertiary/aromatic N) is 2. The van der Waals surface area contributed by atoms with E-state index in [1.54, 1.807) is 10.6 Å². The van der Waals surface area contributed by atoms with Crippen molar-refractivity contribution in [2.45, 2.75) is 57.2 Å².